The van der Waals surface area contributed by atoms with Gasteiger partial charge >= 0.3 is 0 Å². The highest BCUT2D eigenvalue weighted by Gasteiger charge is 2.54. The van der Waals surface area contributed by atoms with Gasteiger partial charge in [-0.3, -0.25) is 4.79 Å². The van der Waals surface area contributed by atoms with E-state index < -0.39 is 11.3 Å². The number of benzene rings is 2. The highest BCUT2D eigenvalue weighted by molar-refractivity contribution is 5.87. The van der Waals surface area contributed by atoms with Crippen molar-refractivity contribution in [3.05, 3.63) is 71.5 Å². The van der Waals surface area contributed by atoms with Crippen LogP contribution in [0.3, 0.4) is 0 Å². The van der Waals surface area contributed by atoms with E-state index in [1.165, 1.54) is 6.07 Å². The van der Waals surface area contributed by atoms with Crippen molar-refractivity contribution < 1.29 is 13.7 Å². The Morgan fingerprint density at radius 2 is 1.95 bits per heavy atom. The van der Waals surface area contributed by atoms with Gasteiger partial charge in [0.1, 0.15) is 11.7 Å². The number of carbonyl (C=O) groups excluding carboxylic acids is 1. The minimum Gasteiger partial charge on any atom is -0.339 e. The van der Waals surface area contributed by atoms with E-state index in [4.69, 9.17) is 9.62 Å². The van der Waals surface area contributed by atoms with Gasteiger partial charge in [-0.2, -0.15) is 15.3 Å². The Balaban J connectivity index is 1.55. The van der Waals surface area contributed by atoms with Gasteiger partial charge in [0.05, 0.1) is 23.1 Å². The zero-order chi connectivity index (χ0) is 25.9. The molecule has 37 heavy (non-hydrogen) atoms. The molecular weight excluding hydrogens is 469 g/mol. The maximum absolute atomic E-state index is 15.0. The molecule has 0 bridgehead atoms. The molecule has 2 heterocycles. The molecule has 0 amide bonds. The van der Waals surface area contributed by atoms with Crippen LogP contribution in [0, 0.1) is 41.8 Å². The van der Waals surface area contributed by atoms with Gasteiger partial charge in [-0.1, -0.05) is 31.1 Å². The molecule has 1 fully saturated rings. The second-order valence-corrected chi connectivity index (χ2v) is 10.4. The minimum atomic E-state index is -0.675. The number of aryl methyl sites for hydroxylation is 1. The van der Waals surface area contributed by atoms with Gasteiger partial charge in [0, 0.05) is 34.9 Å². The molecule has 6 rings (SSSR count). The van der Waals surface area contributed by atoms with Crippen LogP contribution < -0.4 is 0 Å². The van der Waals surface area contributed by atoms with Crippen molar-refractivity contribution in [1.29, 1.82) is 5.26 Å². The van der Waals surface area contributed by atoms with Gasteiger partial charge < -0.3 is 4.52 Å². The standard InChI is InChI=1S/C29H26FN5O2/c1-16-23-13-12-22-25(21-6-4-5-7-24(21)30)33-35(27(22)29(23,3)14-19(15-31)26(16)36)20-10-8-18(9-11-20)28-32-17(2)37-34-28/h4-11,16,19,23H,12-14H2,1-3H3/t16-,19?,23-,29-/m1/s1. The van der Waals surface area contributed by atoms with Crippen LogP contribution in [0.5, 0.6) is 0 Å². The molecule has 1 saturated carbocycles. The van der Waals surface area contributed by atoms with Gasteiger partial charge in [0.25, 0.3) is 0 Å². The van der Waals surface area contributed by atoms with Gasteiger partial charge in [0.2, 0.25) is 11.7 Å². The predicted octanol–water partition coefficient (Wildman–Crippen LogP) is 5.61. The quantitative estimate of drug-likeness (QED) is 0.367. The normalized spacial score (nSPS) is 24.8. The summed E-state index contributed by atoms with van der Waals surface area (Å²) in [6.45, 7) is 5.83. The Bertz CT molecular complexity index is 1560. The fourth-order valence-corrected chi connectivity index (χ4v) is 6.49. The summed E-state index contributed by atoms with van der Waals surface area (Å²) in [5.74, 6) is -0.154. The lowest BCUT2D eigenvalue weighted by Gasteiger charge is -2.49. The number of aromatic nitrogens is 4. The average Bonchev–Trinajstić information content (AvgIpc) is 3.51. The first kappa shape index (κ1) is 23.3. The molecule has 2 aromatic heterocycles. The molecule has 4 aromatic rings. The lowest BCUT2D eigenvalue weighted by molar-refractivity contribution is -0.132. The van der Waals surface area contributed by atoms with E-state index in [1.807, 2.05) is 41.9 Å². The molecule has 0 saturated heterocycles. The molecule has 2 aromatic carbocycles. The zero-order valence-corrected chi connectivity index (χ0v) is 20.9. The molecule has 0 spiro atoms. The van der Waals surface area contributed by atoms with Gasteiger partial charge in [-0.15, -0.1) is 0 Å². The first-order chi connectivity index (χ1) is 17.8. The van der Waals surface area contributed by atoms with Crippen LogP contribution in [0.4, 0.5) is 4.39 Å². The molecule has 1 unspecified atom stereocenters. The van der Waals surface area contributed by atoms with Crippen LogP contribution in [-0.2, 0) is 16.6 Å². The van der Waals surface area contributed by atoms with E-state index in [1.54, 1.807) is 19.1 Å². The number of hydrogen-bond donors (Lipinski definition) is 0. The number of nitriles is 1. The second-order valence-electron chi connectivity index (χ2n) is 10.4. The van der Waals surface area contributed by atoms with Crippen LogP contribution in [0.25, 0.3) is 28.3 Å². The molecule has 8 heteroatoms. The zero-order valence-electron chi connectivity index (χ0n) is 20.9. The van der Waals surface area contributed by atoms with Gasteiger partial charge in [-0.05, 0) is 61.6 Å². The van der Waals surface area contributed by atoms with Gasteiger partial charge in [-0.25, -0.2) is 9.07 Å². The van der Waals surface area contributed by atoms with Gasteiger partial charge in [0.15, 0.2) is 5.78 Å². The van der Waals surface area contributed by atoms with E-state index >= 15 is 0 Å². The number of rotatable bonds is 3. The highest BCUT2D eigenvalue weighted by Crippen LogP contribution is 2.54. The largest absolute Gasteiger partial charge is 0.339 e. The molecule has 7 nitrogen and oxygen atoms in total. The van der Waals surface area contributed by atoms with E-state index in [2.05, 4.69) is 23.1 Å². The van der Waals surface area contributed by atoms with Crippen molar-refractivity contribution in [2.24, 2.45) is 17.8 Å². The minimum absolute atomic E-state index is 0.0218. The lowest BCUT2D eigenvalue weighted by Crippen LogP contribution is -2.51. The summed E-state index contributed by atoms with van der Waals surface area (Å²) in [5.41, 5.74) is 4.16. The third kappa shape index (κ3) is 3.52. The lowest BCUT2D eigenvalue weighted by atomic mass is 9.54. The number of hydrogen-bond acceptors (Lipinski definition) is 6. The van der Waals surface area contributed by atoms with E-state index in [0.717, 1.165) is 28.9 Å². The number of fused-ring (bicyclic) bond motifs is 3. The summed E-state index contributed by atoms with van der Waals surface area (Å²) in [6.07, 6.45) is 1.90. The van der Waals surface area contributed by atoms with Crippen LogP contribution in [0.1, 0.15) is 43.8 Å². The average molecular weight is 496 g/mol. The number of Topliss-reactive ketones (excluding diaryl/α,β-unsaturated/α-hetero) is 1. The summed E-state index contributed by atoms with van der Waals surface area (Å²) >= 11 is 0. The van der Waals surface area contributed by atoms with Crippen LogP contribution in [-0.4, -0.2) is 25.7 Å². The summed E-state index contributed by atoms with van der Waals surface area (Å²) in [7, 11) is 0. The van der Waals surface area contributed by atoms with Crippen molar-refractivity contribution in [2.45, 2.75) is 45.4 Å². The van der Waals surface area contributed by atoms with Crippen LogP contribution in [0.15, 0.2) is 53.1 Å². The van der Waals surface area contributed by atoms with Crippen molar-refractivity contribution in [3.63, 3.8) is 0 Å². The monoisotopic (exact) mass is 495 g/mol. The number of halogens is 1. The summed E-state index contributed by atoms with van der Waals surface area (Å²) in [6, 6.07) is 16.6. The Morgan fingerprint density at radius 1 is 1.19 bits per heavy atom. The Morgan fingerprint density at radius 3 is 2.62 bits per heavy atom. The maximum Gasteiger partial charge on any atom is 0.223 e. The summed E-state index contributed by atoms with van der Waals surface area (Å²) in [5, 5.41) is 18.8. The third-order valence-corrected chi connectivity index (χ3v) is 8.25. The highest BCUT2D eigenvalue weighted by atomic mass is 19.1. The van der Waals surface area contributed by atoms with Crippen molar-refractivity contribution in [3.8, 4) is 34.4 Å². The summed E-state index contributed by atoms with van der Waals surface area (Å²) in [4.78, 5) is 17.3. The Kier molecular flexibility index (Phi) is 5.34. The fourth-order valence-electron chi connectivity index (χ4n) is 6.49. The van der Waals surface area contributed by atoms with E-state index in [0.29, 0.717) is 35.8 Å². The first-order valence-corrected chi connectivity index (χ1v) is 12.5. The Hall–Kier alpha value is -4.12. The van der Waals surface area contributed by atoms with E-state index in [9.17, 15) is 14.4 Å². The fraction of sp³-hybridized carbons (Fsp3) is 0.345. The predicted molar refractivity (Wildman–Crippen MR) is 134 cm³/mol. The topological polar surface area (TPSA) is 97.6 Å². The smallest absolute Gasteiger partial charge is 0.223 e. The third-order valence-electron chi connectivity index (χ3n) is 8.25. The van der Waals surface area contributed by atoms with Crippen molar-refractivity contribution in [1.82, 2.24) is 19.9 Å². The van der Waals surface area contributed by atoms with Crippen LogP contribution in [0.2, 0.25) is 0 Å². The molecule has 2 aliphatic rings. The number of ketones is 1. The van der Waals surface area contributed by atoms with E-state index in [-0.39, 0.29) is 23.4 Å². The Labute approximate surface area is 213 Å². The molecule has 4 atom stereocenters. The summed E-state index contributed by atoms with van der Waals surface area (Å²) < 4.78 is 22.0. The molecule has 0 aliphatic heterocycles. The number of nitrogens with zero attached hydrogens (tertiary/aromatic N) is 5. The second kappa shape index (κ2) is 8.48. The molecule has 0 radical (unpaired) electrons. The molecular formula is C29H26FN5O2. The molecule has 186 valence electrons. The molecule has 0 N–H and O–H groups in total. The SMILES string of the molecule is Cc1nc(-c2ccc(-n3nc(-c4ccccc4F)c4c3[C@]3(C)CC(C#N)C(=O)[C@H](C)[C@H]3CC4)cc2)no1. The number of carbonyl (C=O) groups is 1. The first-order valence-electron chi connectivity index (χ1n) is 12.5. The molecule has 2 aliphatic carbocycles. The van der Waals surface area contributed by atoms with Crippen molar-refractivity contribution in [2.75, 3.05) is 0 Å². The van der Waals surface area contributed by atoms with Crippen molar-refractivity contribution >= 4 is 5.78 Å². The maximum atomic E-state index is 15.0. The van der Waals surface area contributed by atoms with Crippen LogP contribution >= 0.6 is 0 Å².